The number of hydrogen-bond acceptors (Lipinski definition) is 10. The molecule has 8 bridgehead atoms. The maximum absolute atomic E-state index is 13.7. The van der Waals surface area contributed by atoms with E-state index in [0.717, 1.165) is 19.3 Å². The minimum Gasteiger partial charge on any atom is -0.465 e. The lowest BCUT2D eigenvalue weighted by atomic mass is 10.2. The predicted octanol–water partition coefficient (Wildman–Crippen LogP) is 7.31. The molecule has 3 aromatic heterocycles. The van der Waals surface area contributed by atoms with Crippen LogP contribution in [-0.2, 0) is 18.9 Å². The third-order valence-electron chi connectivity index (χ3n) is 7.95. The van der Waals surface area contributed by atoms with E-state index in [2.05, 4.69) is 15.0 Å². The largest absolute Gasteiger partial charge is 0.465 e. The number of carbonyl (C=O) groups excluding carboxylic acids is 4. The number of esters is 4. The standard InChI is InChI=1S/C37H40N4O8/c1-5-8-19-47-35(43)31-24-13-11-22(38-24)30(34(42)46-4)23-12-14-25(39-23)32(36(44)48-20-9-6-2)27-16-18-29(41-27)33(28-17-15-26(31)40-28)37(45)49-21-10-7-3/h11-18,38,41H,5-10,19-21H2,1-4H3. The number of aromatic amines is 2. The van der Waals surface area contributed by atoms with Crippen LogP contribution in [0.3, 0.4) is 0 Å². The zero-order chi connectivity index (χ0) is 34.9. The number of hydrogen-bond donors (Lipinski definition) is 2. The molecule has 5 rings (SSSR count). The molecule has 2 aliphatic rings. The maximum atomic E-state index is 13.7. The van der Waals surface area contributed by atoms with Crippen LogP contribution in [-0.4, -0.2) is 70.7 Å². The number of fused-ring (bicyclic) bond motifs is 8. The molecule has 2 N–H and O–H groups in total. The van der Waals surface area contributed by atoms with Crippen molar-refractivity contribution in [1.82, 2.24) is 19.9 Å². The lowest BCUT2D eigenvalue weighted by Crippen LogP contribution is -2.10. The first-order valence-corrected chi connectivity index (χ1v) is 16.6. The zero-order valence-electron chi connectivity index (χ0n) is 28.1. The predicted molar refractivity (Wildman–Crippen MR) is 186 cm³/mol. The van der Waals surface area contributed by atoms with Crippen molar-refractivity contribution in [2.24, 2.45) is 0 Å². The van der Waals surface area contributed by atoms with E-state index in [1.807, 2.05) is 20.8 Å². The molecule has 0 unspecified atom stereocenters. The van der Waals surface area contributed by atoms with Gasteiger partial charge in [0.25, 0.3) is 0 Å². The van der Waals surface area contributed by atoms with Crippen molar-refractivity contribution in [3.8, 4) is 0 Å². The van der Waals surface area contributed by atoms with E-state index in [1.54, 1.807) is 48.6 Å². The smallest absolute Gasteiger partial charge is 0.342 e. The second-order valence-electron chi connectivity index (χ2n) is 11.5. The van der Waals surface area contributed by atoms with Crippen molar-refractivity contribution in [2.75, 3.05) is 26.9 Å². The lowest BCUT2D eigenvalue weighted by molar-refractivity contribution is 0.0491. The molecule has 0 spiro atoms. The van der Waals surface area contributed by atoms with Gasteiger partial charge in [0.05, 0.1) is 71.8 Å². The van der Waals surface area contributed by atoms with Gasteiger partial charge in [-0.05, 0) is 67.8 Å². The fraction of sp³-hybridized carbons (Fsp3) is 0.351. The van der Waals surface area contributed by atoms with Crippen LogP contribution < -0.4 is 0 Å². The highest BCUT2D eigenvalue weighted by Crippen LogP contribution is 2.28. The topological polar surface area (TPSA) is 163 Å². The average Bonchev–Trinajstić information content (AvgIpc) is 3.92. The van der Waals surface area contributed by atoms with E-state index in [9.17, 15) is 19.2 Å². The van der Waals surface area contributed by atoms with Crippen LogP contribution in [0.2, 0.25) is 0 Å². The Bertz CT molecular complexity index is 1970. The second-order valence-corrected chi connectivity index (χ2v) is 11.5. The molecular formula is C37H40N4O8. The van der Waals surface area contributed by atoms with Gasteiger partial charge >= 0.3 is 23.9 Å². The third kappa shape index (κ3) is 7.64. The summed E-state index contributed by atoms with van der Waals surface area (Å²) in [5.41, 5.74) is 2.64. The molecule has 49 heavy (non-hydrogen) atoms. The number of aromatic nitrogens is 4. The van der Waals surface area contributed by atoms with Gasteiger partial charge in [0.1, 0.15) is 22.3 Å². The number of rotatable bonds is 13. The van der Waals surface area contributed by atoms with Crippen LogP contribution in [0.15, 0.2) is 24.3 Å². The highest BCUT2D eigenvalue weighted by Gasteiger charge is 2.25. The highest BCUT2D eigenvalue weighted by atomic mass is 16.5. The molecule has 0 atom stereocenters. The summed E-state index contributed by atoms with van der Waals surface area (Å²) in [7, 11) is 1.25. The number of nitrogens with zero attached hydrogens (tertiary/aromatic N) is 2. The summed E-state index contributed by atoms with van der Waals surface area (Å²) in [5.74, 6) is -2.57. The van der Waals surface area contributed by atoms with Crippen molar-refractivity contribution in [3.63, 3.8) is 0 Å². The summed E-state index contributed by atoms with van der Waals surface area (Å²) in [6.07, 6.45) is 10.9. The van der Waals surface area contributed by atoms with Gasteiger partial charge < -0.3 is 28.9 Å². The molecule has 12 nitrogen and oxygen atoms in total. The number of nitrogens with one attached hydrogen (secondary N) is 2. The normalized spacial score (nSPS) is 11.8. The molecule has 256 valence electrons. The minimum absolute atomic E-state index is 0.0817. The SMILES string of the molecule is CCCCOC(=O)c1c2nc(c(C(=O)OCCCC)c3ccc([nH]3)c(C(=O)OCCCC)c3nc(c(C(=O)OC)c4ccc1[nH]4)C=C3)C=C2. The number of unbranched alkanes of at least 4 members (excludes halogenated alkanes) is 3. The van der Waals surface area contributed by atoms with E-state index in [0.29, 0.717) is 41.3 Å². The Morgan fingerprint density at radius 1 is 0.510 bits per heavy atom. The van der Waals surface area contributed by atoms with Crippen LogP contribution >= 0.6 is 0 Å². The van der Waals surface area contributed by atoms with Crippen molar-refractivity contribution < 1.29 is 38.1 Å². The summed E-state index contributed by atoms with van der Waals surface area (Å²) in [6, 6.07) is 6.55. The van der Waals surface area contributed by atoms with Gasteiger partial charge in [-0.25, -0.2) is 29.1 Å². The number of carbonyl (C=O) groups is 4. The Labute approximate surface area is 283 Å². The van der Waals surface area contributed by atoms with Crippen LogP contribution in [0.4, 0.5) is 0 Å². The number of methoxy groups -OCH3 is 1. The summed E-state index contributed by atoms with van der Waals surface area (Å²) in [6.45, 7) is 6.57. The molecule has 5 heterocycles. The molecule has 0 fully saturated rings. The quantitative estimate of drug-likeness (QED) is 0.0739. The van der Waals surface area contributed by atoms with Crippen molar-refractivity contribution in [1.29, 1.82) is 0 Å². The molecular weight excluding hydrogens is 628 g/mol. The average molecular weight is 669 g/mol. The van der Waals surface area contributed by atoms with Gasteiger partial charge in [0, 0.05) is 0 Å². The Kier molecular flexibility index (Phi) is 11.4. The fourth-order valence-corrected chi connectivity index (χ4v) is 5.31. The van der Waals surface area contributed by atoms with Gasteiger partial charge in [-0.1, -0.05) is 40.0 Å². The maximum Gasteiger partial charge on any atom is 0.342 e. The van der Waals surface area contributed by atoms with Crippen molar-refractivity contribution in [2.45, 2.75) is 59.3 Å². The van der Waals surface area contributed by atoms with E-state index in [4.69, 9.17) is 23.9 Å². The van der Waals surface area contributed by atoms with Gasteiger partial charge in [-0.2, -0.15) is 0 Å². The molecule has 0 aromatic carbocycles. The lowest BCUT2D eigenvalue weighted by Gasteiger charge is -2.07. The van der Waals surface area contributed by atoms with Gasteiger partial charge in [-0.3, -0.25) is 0 Å². The van der Waals surface area contributed by atoms with Crippen molar-refractivity contribution in [3.05, 3.63) is 69.3 Å². The van der Waals surface area contributed by atoms with E-state index < -0.39 is 23.9 Å². The molecule has 0 radical (unpaired) electrons. The Balaban J connectivity index is 1.90. The van der Waals surface area contributed by atoms with Crippen LogP contribution in [0.5, 0.6) is 0 Å². The summed E-state index contributed by atoms with van der Waals surface area (Å²) < 4.78 is 22.0. The molecule has 3 aromatic rings. The van der Waals surface area contributed by atoms with E-state index in [1.165, 1.54) is 7.11 Å². The fourth-order valence-electron chi connectivity index (χ4n) is 5.31. The van der Waals surface area contributed by atoms with Gasteiger partial charge in [0.2, 0.25) is 0 Å². The molecule has 0 saturated carbocycles. The monoisotopic (exact) mass is 668 g/mol. The van der Waals surface area contributed by atoms with E-state index >= 15 is 0 Å². The second kappa shape index (κ2) is 16.1. The number of ether oxygens (including phenoxy) is 4. The first kappa shape index (κ1) is 34.8. The summed E-state index contributed by atoms with van der Waals surface area (Å²) in [5, 5.41) is 0. The molecule has 0 saturated heterocycles. The summed E-state index contributed by atoms with van der Waals surface area (Å²) in [4.78, 5) is 69.8. The Morgan fingerprint density at radius 2 is 0.796 bits per heavy atom. The summed E-state index contributed by atoms with van der Waals surface area (Å²) >= 11 is 0. The van der Waals surface area contributed by atoms with Crippen molar-refractivity contribution >= 4 is 70.2 Å². The van der Waals surface area contributed by atoms with Crippen LogP contribution in [0.25, 0.3) is 46.4 Å². The Morgan fingerprint density at radius 3 is 1.06 bits per heavy atom. The highest BCUT2D eigenvalue weighted by molar-refractivity contribution is 6.08. The van der Waals surface area contributed by atoms with Crippen LogP contribution in [0.1, 0.15) is 124 Å². The van der Waals surface area contributed by atoms with Crippen LogP contribution in [0, 0.1) is 0 Å². The molecule has 12 heteroatoms. The first-order valence-electron chi connectivity index (χ1n) is 16.6. The Hall–Kier alpha value is -5.52. The zero-order valence-corrected chi connectivity index (χ0v) is 28.1. The molecule has 2 aliphatic heterocycles. The van der Waals surface area contributed by atoms with E-state index in [-0.39, 0.29) is 64.9 Å². The van der Waals surface area contributed by atoms with Gasteiger partial charge in [-0.15, -0.1) is 0 Å². The first-order chi connectivity index (χ1) is 23.8. The minimum atomic E-state index is -0.685. The molecule has 0 amide bonds. The van der Waals surface area contributed by atoms with Gasteiger partial charge in [0.15, 0.2) is 0 Å². The molecule has 0 aliphatic carbocycles. The number of H-pyrrole nitrogens is 2. The third-order valence-corrected chi connectivity index (χ3v) is 7.95.